The molecule has 3 rings (SSSR count). The van der Waals surface area contributed by atoms with Crippen LogP contribution in [0.15, 0.2) is 48.7 Å². The summed E-state index contributed by atoms with van der Waals surface area (Å²) in [6, 6.07) is 8.06. The standard InChI is InChI=1S/C23H29N3O3/c1-3-23(29)26-12-10-25(11-13-26)9-8-24-16-20-21(27)14-19(15-22(20)28)18-6-4-17(2)5-7-18/h3-7,16,19,24H,1,8-15H2,2H3. The lowest BCUT2D eigenvalue weighted by Gasteiger charge is -2.34. The molecule has 29 heavy (non-hydrogen) atoms. The third kappa shape index (κ3) is 5.41. The minimum Gasteiger partial charge on any atom is -0.389 e. The van der Waals surface area contributed by atoms with E-state index in [4.69, 9.17) is 0 Å². The van der Waals surface area contributed by atoms with Crippen LogP contribution in [0.4, 0.5) is 0 Å². The van der Waals surface area contributed by atoms with Gasteiger partial charge in [0.05, 0.1) is 5.57 Å². The summed E-state index contributed by atoms with van der Waals surface area (Å²) in [4.78, 5) is 40.6. The first kappa shape index (κ1) is 21.0. The van der Waals surface area contributed by atoms with Gasteiger partial charge in [0.2, 0.25) is 5.91 Å². The largest absolute Gasteiger partial charge is 0.389 e. The monoisotopic (exact) mass is 395 g/mol. The zero-order valence-electron chi connectivity index (χ0n) is 17.0. The Kier molecular flexibility index (Phi) is 6.99. The van der Waals surface area contributed by atoms with Crippen LogP contribution in [0, 0.1) is 6.92 Å². The molecule has 6 nitrogen and oxygen atoms in total. The number of benzene rings is 1. The van der Waals surface area contributed by atoms with Gasteiger partial charge in [0.25, 0.3) is 0 Å². The number of carbonyl (C=O) groups is 3. The van der Waals surface area contributed by atoms with Crippen molar-refractivity contribution in [2.24, 2.45) is 0 Å². The van der Waals surface area contributed by atoms with Crippen molar-refractivity contribution < 1.29 is 14.4 Å². The van der Waals surface area contributed by atoms with Gasteiger partial charge in [-0.1, -0.05) is 36.4 Å². The minimum absolute atomic E-state index is 0.0224. The molecule has 0 aromatic heterocycles. The number of piperazine rings is 1. The summed E-state index contributed by atoms with van der Waals surface area (Å²) >= 11 is 0. The molecule has 0 unspecified atom stereocenters. The number of aryl methyl sites for hydroxylation is 1. The molecule has 0 atom stereocenters. The maximum atomic E-state index is 12.5. The molecule has 0 spiro atoms. The molecule has 1 saturated heterocycles. The number of allylic oxidation sites excluding steroid dienone is 1. The van der Waals surface area contributed by atoms with Crippen LogP contribution in [0.2, 0.25) is 0 Å². The number of amides is 1. The molecule has 1 aliphatic carbocycles. The quantitative estimate of drug-likeness (QED) is 0.452. The van der Waals surface area contributed by atoms with Crippen LogP contribution in [0.25, 0.3) is 0 Å². The molecule has 154 valence electrons. The molecule has 1 heterocycles. The molecule has 1 N–H and O–H groups in total. The Morgan fingerprint density at radius 1 is 1.10 bits per heavy atom. The van der Waals surface area contributed by atoms with Crippen molar-refractivity contribution >= 4 is 17.5 Å². The van der Waals surface area contributed by atoms with Gasteiger partial charge in [-0.15, -0.1) is 0 Å². The van der Waals surface area contributed by atoms with E-state index < -0.39 is 0 Å². The van der Waals surface area contributed by atoms with E-state index in [1.54, 1.807) is 11.1 Å². The van der Waals surface area contributed by atoms with E-state index in [1.165, 1.54) is 11.6 Å². The Bertz CT molecular complexity index is 785. The third-order valence-electron chi connectivity index (χ3n) is 5.69. The van der Waals surface area contributed by atoms with E-state index in [2.05, 4.69) is 16.8 Å². The van der Waals surface area contributed by atoms with E-state index in [1.807, 2.05) is 31.2 Å². The van der Waals surface area contributed by atoms with Gasteiger partial charge in [-0.2, -0.15) is 0 Å². The number of ketones is 2. The maximum Gasteiger partial charge on any atom is 0.246 e. The molecular weight excluding hydrogens is 366 g/mol. The van der Waals surface area contributed by atoms with Crippen LogP contribution in [0.1, 0.15) is 29.9 Å². The molecule has 1 amide bonds. The molecule has 6 heteroatoms. The number of rotatable bonds is 6. The Labute approximate surface area is 172 Å². The van der Waals surface area contributed by atoms with Crippen molar-refractivity contribution in [2.45, 2.75) is 25.7 Å². The summed E-state index contributed by atoms with van der Waals surface area (Å²) in [6.07, 6.45) is 3.70. The van der Waals surface area contributed by atoms with E-state index in [-0.39, 0.29) is 29.0 Å². The van der Waals surface area contributed by atoms with E-state index in [9.17, 15) is 14.4 Å². The first-order chi connectivity index (χ1) is 14.0. The van der Waals surface area contributed by atoms with Gasteiger partial charge in [0.15, 0.2) is 11.6 Å². The second-order valence-corrected chi connectivity index (χ2v) is 7.75. The summed E-state index contributed by atoms with van der Waals surface area (Å²) in [5, 5.41) is 3.13. The lowest BCUT2D eigenvalue weighted by atomic mass is 9.80. The number of hydrogen-bond acceptors (Lipinski definition) is 5. The van der Waals surface area contributed by atoms with Crippen LogP contribution in [0.3, 0.4) is 0 Å². The highest BCUT2D eigenvalue weighted by atomic mass is 16.2. The average Bonchev–Trinajstić information content (AvgIpc) is 2.73. The number of hydrogen-bond donors (Lipinski definition) is 1. The topological polar surface area (TPSA) is 69.7 Å². The highest BCUT2D eigenvalue weighted by Crippen LogP contribution is 2.31. The minimum atomic E-state index is -0.0872. The fourth-order valence-corrected chi connectivity index (χ4v) is 3.85. The highest BCUT2D eigenvalue weighted by Gasteiger charge is 2.31. The lowest BCUT2D eigenvalue weighted by molar-refractivity contribution is -0.128. The molecule has 2 fully saturated rings. The zero-order chi connectivity index (χ0) is 20.8. The normalized spacial score (nSPS) is 20.5. The number of Topliss-reactive ketones (excluding diaryl/α,β-unsaturated/α-hetero) is 2. The SMILES string of the molecule is C=CC(=O)N1CCN(CCNC=C2C(=O)CC(c3ccc(C)cc3)CC2=O)CC1. The number of nitrogens with one attached hydrogen (secondary N) is 1. The molecule has 2 aliphatic rings. The van der Waals surface area contributed by atoms with Gasteiger partial charge >= 0.3 is 0 Å². The van der Waals surface area contributed by atoms with Crippen molar-refractivity contribution in [1.82, 2.24) is 15.1 Å². The molecular formula is C23H29N3O3. The summed E-state index contributed by atoms with van der Waals surface area (Å²) in [6.45, 7) is 10.0. The van der Waals surface area contributed by atoms with Crippen LogP contribution in [0.5, 0.6) is 0 Å². The van der Waals surface area contributed by atoms with Crippen LogP contribution >= 0.6 is 0 Å². The highest BCUT2D eigenvalue weighted by molar-refractivity contribution is 6.22. The molecule has 0 bridgehead atoms. The Hall–Kier alpha value is -2.73. The van der Waals surface area contributed by atoms with Crippen molar-refractivity contribution in [2.75, 3.05) is 39.3 Å². The number of carbonyl (C=O) groups excluding carboxylic acids is 3. The Morgan fingerprint density at radius 2 is 1.72 bits per heavy atom. The summed E-state index contributed by atoms with van der Waals surface area (Å²) < 4.78 is 0. The van der Waals surface area contributed by atoms with Gasteiger partial charge < -0.3 is 10.2 Å². The average molecular weight is 396 g/mol. The second kappa shape index (κ2) is 9.65. The van der Waals surface area contributed by atoms with Gasteiger partial charge in [-0.3, -0.25) is 19.3 Å². The van der Waals surface area contributed by atoms with Gasteiger partial charge in [0, 0.05) is 58.3 Å². The Balaban J connectivity index is 1.45. The van der Waals surface area contributed by atoms with E-state index in [0.717, 1.165) is 25.2 Å². The van der Waals surface area contributed by atoms with E-state index in [0.29, 0.717) is 32.5 Å². The van der Waals surface area contributed by atoms with Crippen LogP contribution in [-0.2, 0) is 14.4 Å². The summed E-state index contributed by atoms with van der Waals surface area (Å²) in [7, 11) is 0. The predicted molar refractivity (Wildman–Crippen MR) is 112 cm³/mol. The smallest absolute Gasteiger partial charge is 0.246 e. The van der Waals surface area contributed by atoms with Crippen molar-refractivity contribution in [3.8, 4) is 0 Å². The Morgan fingerprint density at radius 3 is 2.31 bits per heavy atom. The van der Waals surface area contributed by atoms with E-state index >= 15 is 0 Å². The van der Waals surface area contributed by atoms with Crippen LogP contribution in [-0.4, -0.2) is 66.5 Å². The maximum absolute atomic E-state index is 12.5. The fourth-order valence-electron chi connectivity index (χ4n) is 3.85. The van der Waals surface area contributed by atoms with Gasteiger partial charge in [-0.05, 0) is 24.5 Å². The molecule has 0 radical (unpaired) electrons. The molecule has 1 aromatic carbocycles. The van der Waals surface area contributed by atoms with Crippen molar-refractivity contribution in [3.63, 3.8) is 0 Å². The van der Waals surface area contributed by atoms with Gasteiger partial charge in [0.1, 0.15) is 0 Å². The molecule has 1 saturated carbocycles. The lowest BCUT2D eigenvalue weighted by Crippen LogP contribution is -2.49. The molecule has 1 aromatic rings. The first-order valence-corrected chi connectivity index (χ1v) is 10.2. The predicted octanol–water partition coefficient (Wildman–Crippen LogP) is 1.81. The zero-order valence-corrected chi connectivity index (χ0v) is 17.0. The summed E-state index contributed by atoms with van der Waals surface area (Å²) in [5.74, 6) is -0.222. The van der Waals surface area contributed by atoms with Crippen molar-refractivity contribution in [1.29, 1.82) is 0 Å². The summed E-state index contributed by atoms with van der Waals surface area (Å²) in [5.41, 5.74) is 2.51. The van der Waals surface area contributed by atoms with Crippen LogP contribution < -0.4 is 5.32 Å². The number of nitrogens with zero attached hydrogens (tertiary/aromatic N) is 2. The van der Waals surface area contributed by atoms with Gasteiger partial charge in [-0.25, -0.2) is 0 Å². The fraction of sp³-hybridized carbons (Fsp3) is 0.435. The van der Waals surface area contributed by atoms with Crippen molar-refractivity contribution in [3.05, 3.63) is 59.8 Å². The molecule has 1 aliphatic heterocycles. The first-order valence-electron chi connectivity index (χ1n) is 10.2. The second-order valence-electron chi connectivity index (χ2n) is 7.75. The third-order valence-corrected chi connectivity index (χ3v) is 5.69.